The van der Waals surface area contributed by atoms with E-state index in [0.29, 0.717) is 0 Å². The van der Waals surface area contributed by atoms with Gasteiger partial charge in [0.25, 0.3) is 0 Å². The van der Waals surface area contributed by atoms with E-state index in [1.165, 1.54) is 25.3 Å². The second-order valence-electron chi connectivity index (χ2n) is 3.89. The highest BCUT2D eigenvalue weighted by atomic mass is 19.4. The number of amides is 1. The molecule has 4 nitrogen and oxygen atoms in total. The van der Waals surface area contributed by atoms with Crippen molar-refractivity contribution in [1.82, 2.24) is 0 Å². The monoisotopic (exact) mass is 276 g/mol. The topological polar surface area (TPSA) is 64.3 Å². The van der Waals surface area contributed by atoms with Crippen LogP contribution in [0.4, 0.5) is 18.9 Å². The summed E-state index contributed by atoms with van der Waals surface area (Å²) in [7, 11) is 1.38. The number of rotatable bonds is 5. The molecule has 1 aromatic rings. The number of carbonyl (C=O) groups is 1. The first-order valence-corrected chi connectivity index (χ1v) is 5.57. The van der Waals surface area contributed by atoms with Gasteiger partial charge in [-0.15, -0.1) is 0 Å². The van der Waals surface area contributed by atoms with Crippen molar-refractivity contribution in [2.45, 2.75) is 18.7 Å². The fourth-order valence-corrected chi connectivity index (χ4v) is 1.51. The third kappa shape index (κ3) is 4.53. The number of halogens is 3. The highest BCUT2D eigenvalue weighted by molar-refractivity contribution is 5.91. The van der Waals surface area contributed by atoms with E-state index in [4.69, 9.17) is 10.5 Å². The van der Waals surface area contributed by atoms with Crippen molar-refractivity contribution in [2.75, 3.05) is 19.0 Å². The Bertz CT molecular complexity index is 431. The Balaban J connectivity index is 2.80. The van der Waals surface area contributed by atoms with Crippen molar-refractivity contribution >= 4 is 11.6 Å². The Labute approximate surface area is 108 Å². The van der Waals surface area contributed by atoms with E-state index >= 15 is 0 Å². The number of hydrogen-bond acceptors (Lipinski definition) is 3. The molecule has 0 bridgehead atoms. The summed E-state index contributed by atoms with van der Waals surface area (Å²) >= 11 is 0. The summed E-state index contributed by atoms with van der Waals surface area (Å²) in [5, 5.41) is 2.22. The SMILES string of the molecule is COC(CN)CC(=O)Nc1ccccc1C(F)(F)F. The Morgan fingerprint density at radius 3 is 2.58 bits per heavy atom. The zero-order valence-corrected chi connectivity index (χ0v) is 10.3. The summed E-state index contributed by atoms with van der Waals surface area (Å²) in [6, 6.07) is 4.79. The van der Waals surface area contributed by atoms with E-state index < -0.39 is 23.8 Å². The van der Waals surface area contributed by atoms with Gasteiger partial charge in [0.2, 0.25) is 5.91 Å². The van der Waals surface area contributed by atoms with Gasteiger partial charge in [0, 0.05) is 13.7 Å². The molecule has 0 aliphatic carbocycles. The molecule has 3 N–H and O–H groups in total. The molecular weight excluding hydrogens is 261 g/mol. The number of para-hydroxylation sites is 1. The number of hydrogen-bond donors (Lipinski definition) is 2. The van der Waals surface area contributed by atoms with Gasteiger partial charge in [-0.2, -0.15) is 13.2 Å². The fourth-order valence-electron chi connectivity index (χ4n) is 1.51. The standard InChI is InChI=1S/C12H15F3N2O2/c1-19-8(7-16)6-11(18)17-10-5-3-2-4-9(10)12(13,14)15/h2-5,8H,6-7,16H2,1H3,(H,17,18). The first-order chi connectivity index (χ1) is 8.88. The Morgan fingerprint density at radius 1 is 1.42 bits per heavy atom. The van der Waals surface area contributed by atoms with Gasteiger partial charge in [-0.25, -0.2) is 0 Å². The van der Waals surface area contributed by atoms with Crippen LogP contribution in [0.1, 0.15) is 12.0 Å². The zero-order valence-electron chi connectivity index (χ0n) is 10.3. The van der Waals surface area contributed by atoms with Gasteiger partial charge in [-0.05, 0) is 12.1 Å². The Kier molecular flexibility index (Phi) is 5.31. The third-order valence-corrected chi connectivity index (χ3v) is 2.52. The molecule has 106 valence electrons. The first-order valence-electron chi connectivity index (χ1n) is 5.57. The molecule has 1 aromatic carbocycles. The molecule has 0 aliphatic rings. The largest absolute Gasteiger partial charge is 0.418 e. The molecule has 0 aromatic heterocycles. The number of methoxy groups -OCH3 is 1. The Hall–Kier alpha value is -1.60. The second kappa shape index (κ2) is 6.53. The van der Waals surface area contributed by atoms with Gasteiger partial charge < -0.3 is 15.8 Å². The molecule has 0 spiro atoms. The van der Waals surface area contributed by atoms with Crippen LogP contribution in [0, 0.1) is 0 Å². The van der Waals surface area contributed by atoms with Gasteiger partial charge in [-0.1, -0.05) is 12.1 Å². The smallest absolute Gasteiger partial charge is 0.380 e. The van der Waals surface area contributed by atoms with Gasteiger partial charge >= 0.3 is 6.18 Å². The molecule has 0 fully saturated rings. The fraction of sp³-hybridized carbons (Fsp3) is 0.417. The summed E-state index contributed by atoms with van der Waals surface area (Å²) in [5.74, 6) is -0.575. The maximum Gasteiger partial charge on any atom is 0.418 e. The molecule has 0 saturated heterocycles. The van der Waals surface area contributed by atoms with Crippen molar-refractivity contribution in [3.63, 3.8) is 0 Å². The highest BCUT2D eigenvalue weighted by Crippen LogP contribution is 2.34. The minimum absolute atomic E-state index is 0.0980. The second-order valence-corrected chi connectivity index (χ2v) is 3.89. The van der Waals surface area contributed by atoms with Crippen LogP contribution in [0.15, 0.2) is 24.3 Å². The summed E-state index contributed by atoms with van der Waals surface area (Å²) in [4.78, 5) is 11.6. The molecule has 0 heterocycles. The number of nitrogens with two attached hydrogens (primary N) is 1. The lowest BCUT2D eigenvalue weighted by atomic mass is 10.1. The van der Waals surface area contributed by atoms with Gasteiger partial charge in [0.05, 0.1) is 23.8 Å². The maximum atomic E-state index is 12.7. The molecule has 0 radical (unpaired) electrons. The normalized spacial score (nSPS) is 13.1. The van der Waals surface area contributed by atoms with Gasteiger partial charge in [0.15, 0.2) is 0 Å². The maximum absolute atomic E-state index is 12.7. The summed E-state index contributed by atoms with van der Waals surface area (Å²) < 4.78 is 43.0. The first kappa shape index (κ1) is 15.5. The number of benzene rings is 1. The van der Waals surface area contributed by atoms with Crippen molar-refractivity contribution in [2.24, 2.45) is 5.73 Å². The van der Waals surface area contributed by atoms with Crippen LogP contribution < -0.4 is 11.1 Å². The minimum Gasteiger partial charge on any atom is -0.380 e. The number of alkyl halides is 3. The average molecular weight is 276 g/mol. The van der Waals surface area contributed by atoms with E-state index in [-0.39, 0.29) is 18.7 Å². The summed E-state index contributed by atoms with van der Waals surface area (Å²) in [5.41, 5.74) is 4.18. The van der Waals surface area contributed by atoms with Crippen LogP contribution in [0.3, 0.4) is 0 Å². The van der Waals surface area contributed by atoms with Crippen LogP contribution in [0.2, 0.25) is 0 Å². The molecule has 1 atom stereocenters. The quantitative estimate of drug-likeness (QED) is 0.864. The predicted octanol–water partition coefficient (Wildman–Crippen LogP) is 2.01. The van der Waals surface area contributed by atoms with Crippen LogP contribution in [-0.2, 0) is 15.7 Å². The van der Waals surface area contributed by atoms with Crippen LogP contribution in [0.25, 0.3) is 0 Å². The van der Waals surface area contributed by atoms with E-state index in [1.54, 1.807) is 0 Å². The molecule has 1 rings (SSSR count). The van der Waals surface area contributed by atoms with E-state index in [9.17, 15) is 18.0 Å². The molecule has 0 aliphatic heterocycles. The molecule has 7 heteroatoms. The number of anilines is 1. The molecule has 19 heavy (non-hydrogen) atoms. The van der Waals surface area contributed by atoms with Crippen LogP contribution in [-0.4, -0.2) is 25.7 Å². The predicted molar refractivity (Wildman–Crippen MR) is 64.5 cm³/mol. The van der Waals surface area contributed by atoms with Crippen LogP contribution >= 0.6 is 0 Å². The van der Waals surface area contributed by atoms with E-state index in [1.807, 2.05) is 0 Å². The molecular formula is C12H15F3N2O2. The van der Waals surface area contributed by atoms with E-state index in [0.717, 1.165) is 6.07 Å². The lowest BCUT2D eigenvalue weighted by Crippen LogP contribution is -2.28. The number of carbonyl (C=O) groups excluding carboxylic acids is 1. The lowest BCUT2D eigenvalue weighted by Gasteiger charge is -2.15. The molecule has 1 amide bonds. The minimum atomic E-state index is -4.52. The summed E-state index contributed by atoms with van der Waals surface area (Å²) in [6.45, 7) is 0.116. The Morgan fingerprint density at radius 2 is 2.05 bits per heavy atom. The molecule has 0 saturated carbocycles. The van der Waals surface area contributed by atoms with Crippen molar-refractivity contribution in [3.8, 4) is 0 Å². The number of ether oxygens (including phenoxy) is 1. The van der Waals surface area contributed by atoms with Crippen LogP contribution in [0.5, 0.6) is 0 Å². The molecule has 1 unspecified atom stereocenters. The average Bonchev–Trinajstić information content (AvgIpc) is 2.35. The zero-order chi connectivity index (χ0) is 14.5. The summed E-state index contributed by atoms with van der Waals surface area (Å²) in [6.07, 6.45) is -5.13. The highest BCUT2D eigenvalue weighted by Gasteiger charge is 2.33. The van der Waals surface area contributed by atoms with Gasteiger partial charge in [-0.3, -0.25) is 4.79 Å². The van der Waals surface area contributed by atoms with Crippen molar-refractivity contribution in [1.29, 1.82) is 0 Å². The van der Waals surface area contributed by atoms with Gasteiger partial charge in [0.1, 0.15) is 0 Å². The van der Waals surface area contributed by atoms with Crippen molar-refractivity contribution < 1.29 is 22.7 Å². The number of nitrogens with one attached hydrogen (secondary N) is 1. The van der Waals surface area contributed by atoms with E-state index in [2.05, 4.69) is 5.32 Å². The van der Waals surface area contributed by atoms with Crippen molar-refractivity contribution in [3.05, 3.63) is 29.8 Å². The third-order valence-electron chi connectivity index (χ3n) is 2.52. The lowest BCUT2D eigenvalue weighted by molar-refractivity contribution is -0.137.